The Morgan fingerprint density at radius 1 is 1.03 bits per heavy atom. The lowest BCUT2D eigenvalue weighted by Gasteiger charge is -2.28. The molecule has 190 valence electrons. The number of aromatic nitrogens is 2. The van der Waals surface area contributed by atoms with Crippen molar-refractivity contribution in [2.75, 3.05) is 31.1 Å². The van der Waals surface area contributed by atoms with Gasteiger partial charge in [0.25, 0.3) is 0 Å². The normalized spacial score (nSPS) is 15.3. The molecule has 0 radical (unpaired) electrons. The third-order valence-electron chi connectivity index (χ3n) is 6.71. The SMILES string of the molecule is CC(=O)N1CCCN(Cc2ccccc2)CCN(C(=O)CCn2ccnc2C)Cc2ccc(Cl)cc21. The molecule has 8 heteroatoms. The number of aryl methyl sites for hydroxylation is 2. The zero-order chi connectivity index (χ0) is 25.5. The van der Waals surface area contributed by atoms with Crippen LogP contribution >= 0.6 is 11.6 Å². The number of carbonyl (C=O) groups excluding carboxylic acids is 2. The van der Waals surface area contributed by atoms with Crippen LogP contribution in [-0.2, 0) is 29.2 Å². The Morgan fingerprint density at radius 3 is 2.56 bits per heavy atom. The summed E-state index contributed by atoms with van der Waals surface area (Å²) in [6, 6.07) is 16.0. The van der Waals surface area contributed by atoms with Crippen molar-refractivity contribution >= 4 is 29.1 Å². The van der Waals surface area contributed by atoms with Crippen LogP contribution in [0.3, 0.4) is 0 Å². The molecule has 1 aromatic heterocycles. The van der Waals surface area contributed by atoms with Crippen molar-refractivity contribution in [1.82, 2.24) is 19.4 Å². The van der Waals surface area contributed by atoms with Gasteiger partial charge in [0.2, 0.25) is 11.8 Å². The standard InChI is InChI=1S/C28H34ClN5O2/c1-22-30-12-16-32(22)15-11-28(36)33-18-17-31(20-24-7-4-3-5-8-24)13-6-14-34(23(2)35)27-19-26(29)10-9-25(27)21-33/h3-5,7-10,12,16,19H,6,11,13-15,17-18,20-21H2,1-2H3. The molecule has 4 rings (SSSR count). The minimum atomic E-state index is -0.0270. The predicted molar refractivity (Wildman–Crippen MR) is 143 cm³/mol. The fraction of sp³-hybridized carbons (Fsp3) is 0.393. The van der Waals surface area contributed by atoms with Gasteiger partial charge in [-0.1, -0.05) is 48.0 Å². The second-order valence-electron chi connectivity index (χ2n) is 9.29. The Hall–Kier alpha value is -3.16. The number of anilines is 1. The first kappa shape index (κ1) is 25.9. The first-order valence-electron chi connectivity index (χ1n) is 12.5. The van der Waals surface area contributed by atoms with Gasteiger partial charge in [0.05, 0.1) is 5.69 Å². The fourth-order valence-corrected chi connectivity index (χ4v) is 4.87. The van der Waals surface area contributed by atoms with Crippen molar-refractivity contribution in [1.29, 1.82) is 0 Å². The summed E-state index contributed by atoms with van der Waals surface area (Å²) in [6.07, 6.45) is 4.87. The van der Waals surface area contributed by atoms with Gasteiger partial charge in [-0.25, -0.2) is 4.98 Å². The van der Waals surface area contributed by atoms with Gasteiger partial charge in [-0.2, -0.15) is 0 Å². The predicted octanol–water partition coefficient (Wildman–Crippen LogP) is 4.52. The Morgan fingerprint density at radius 2 is 1.83 bits per heavy atom. The molecule has 0 saturated carbocycles. The van der Waals surface area contributed by atoms with Gasteiger partial charge < -0.3 is 14.4 Å². The summed E-state index contributed by atoms with van der Waals surface area (Å²) < 4.78 is 2.00. The van der Waals surface area contributed by atoms with Crippen LogP contribution in [0.25, 0.3) is 0 Å². The highest BCUT2D eigenvalue weighted by Crippen LogP contribution is 2.28. The summed E-state index contributed by atoms with van der Waals surface area (Å²) in [5.41, 5.74) is 2.95. The van der Waals surface area contributed by atoms with Crippen molar-refractivity contribution in [3.8, 4) is 0 Å². The van der Waals surface area contributed by atoms with E-state index in [-0.39, 0.29) is 11.8 Å². The van der Waals surface area contributed by atoms with E-state index in [9.17, 15) is 9.59 Å². The quantitative estimate of drug-likeness (QED) is 0.509. The van der Waals surface area contributed by atoms with Gasteiger partial charge in [0.1, 0.15) is 5.82 Å². The van der Waals surface area contributed by atoms with Crippen LogP contribution in [0.5, 0.6) is 0 Å². The van der Waals surface area contributed by atoms with E-state index in [1.165, 1.54) is 5.56 Å². The number of hydrogen-bond acceptors (Lipinski definition) is 4. The lowest BCUT2D eigenvalue weighted by Crippen LogP contribution is -2.38. The third-order valence-corrected chi connectivity index (χ3v) is 6.95. The highest BCUT2D eigenvalue weighted by Gasteiger charge is 2.23. The molecule has 0 fully saturated rings. The maximum Gasteiger partial charge on any atom is 0.224 e. The maximum atomic E-state index is 13.5. The molecule has 0 atom stereocenters. The van der Waals surface area contributed by atoms with E-state index < -0.39 is 0 Å². The molecule has 3 aromatic rings. The summed E-state index contributed by atoms with van der Waals surface area (Å²) in [6.45, 7) is 8.13. The minimum Gasteiger partial charge on any atom is -0.337 e. The van der Waals surface area contributed by atoms with Crippen LogP contribution in [0.4, 0.5) is 5.69 Å². The number of nitrogens with zero attached hydrogens (tertiary/aromatic N) is 5. The Kier molecular flexibility index (Phi) is 8.78. The number of fused-ring (bicyclic) bond motifs is 1. The molecular formula is C28H34ClN5O2. The first-order chi connectivity index (χ1) is 17.4. The summed E-state index contributed by atoms with van der Waals surface area (Å²) in [5.74, 6) is 0.949. The van der Waals surface area contributed by atoms with Gasteiger partial charge in [0, 0.05) is 76.6 Å². The molecule has 0 saturated heterocycles. The molecule has 7 nitrogen and oxygen atoms in total. The van der Waals surface area contributed by atoms with Crippen molar-refractivity contribution in [3.63, 3.8) is 0 Å². The molecule has 36 heavy (non-hydrogen) atoms. The lowest BCUT2D eigenvalue weighted by molar-refractivity contribution is -0.132. The summed E-state index contributed by atoms with van der Waals surface area (Å²) in [5, 5.41) is 0.578. The monoisotopic (exact) mass is 507 g/mol. The fourth-order valence-electron chi connectivity index (χ4n) is 4.71. The second kappa shape index (κ2) is 12.2. The van der Waals surface area contributed by atoms with Crippen molar-refractivity contribution in [2.45, 2.75) is 46.3 Å². The number of carbonyl (C=O) groups is 2. The summed E-state index contributed by atoms with van der Waals surface area (Å²) >= 11 is 6.34. The molecule has 2 aromatic carbocycles. The highest BCUT2D eigenvalue weighted by atomic mass is 35.5. The van der Waals surface area contributed by atoms with Crippen LogP contribution in [0, 0.1) is 6.92 Å². The third kappa shape index (κ3) is 6.74. The first-order valence-corrected chi connectivity index (χ1v) is 12.9. The molecule has 0 aliphatic carbocycles. The highest BCUT2D eigenvalue weighted by molar-refractivity contribution is 6.31. The van der Waals surface area contributed by atoms with E-state index in [0.717, 1.165) is 43.1 Å². The molecule has 2 heterocycles. The van der Waals surface area contributed by atoms with Crippen LogP contribution in [0.1, 0.15) is 36.7 Å². The van der Waals surface area contributed by atoms with E-state index in [1.807, 2.05) is 59.0 Å². The average Bonchev–Trinajstić information content (AvgIpc) is 3.26. The molecule has 1 aliphatic heterocycles. The van der Waals surface area contributed by atoms with E-state index in [0.29, 0.717) is 37.6 Å². The molecule has 0 bridgehead atoms. The number of halogens is 1. The van der Waals surface area contributed by atoms with Crippen molar-refractivity contribution in [3.05, 3.63) is 82.9 Å². The van der Waals surface area contributed by atoms with Gasteiger partial charge in [0.15, 0.2) is 0 Å². The zero-order valence-corrected chi connectivity index (χ0v) is 21.8. The maximum absolute atomic E-state index is 13.5. The smallest absolute Gasteiger partial charge is 0.224 e. The largest absolute Gasteiger partial charge is 0.337 e. The molecule has 0 N–H and O–H groups in total. The Balaban J connectivity index is 1.60. The molecule has 2 amide bonds. The molecule has 1 aliphatic rings. The number of imidazole rings is 1. The van der Waals surface area contributed by atoms with E-state index >= 15 is 0 Å². The summed E-state index contributed by atoms with van der Waals surface area (Å²) in [4.78, 5) is 36.5. The van der Waals surface area contributed by atoms with Gasteiger partial charge >= 0.3 is 0 Å². The van der Waals surface area contributed by atoms with Crippen molar-refractivity contribution in [2.24, 2.45) is 0 Å². The number of hydrogen-bond donors (Lipinski definition) is 0. The second-order valence-corrected chi connectivity index (χ2v) is 9.73. The summed E-state index contributed by atoms with van der Waals surface area (Å²) in [7, 11) is 0. The van der Waals surface area contributed by atoms with Gasteiger partial charge in [-0.15, -0.1) is 0 Å². The van der Waals surface area contributed by atoms with Gasteiger partial charge in [-0.3, -0.25) is 14.5 Å². The van der Waals surface area contributed by atoms with E-state index in [1.54, 1.807) is 18.0 Å². The van der Waals surface area contributed by atoms with E-state index in [4.69, 9.17) is 11.6 Å². The van der Waals surface area contributed by atoms with Crippen LogP contribution in [-0.4, -0.2) is 57.3 Å². The van der Waals surface area contributed by atoms with Crippen LogP contribution in [0.15, 0.2) is 60.9 Å². The molecule has 0 spiro atoms. The average molecular weight is 508 g/mol. The number of benzene rings is 2. The Labute approximate surface area is 218 Å². The molecule has 0 unspecified atom stereocenters. The van der Waals surface area contributed by atoms with E-state index in [2.05, 4.69) is 22.0 Å². The van der Waals surface area contributed by atoms with Gasteiger partial charge in [-0.05, 0) is 36.6 Å². The topological polar surface area (TPSA) is 61.7 Å². The zero-order valence-electron chi connectivity index (χ0n) is 21.1. The number of rotatable bonds is 5. The van der Waals surface area contributed by atoms with Crippen molar-refractivity contribution < 1.29 is 9.59 Å². The minimum absolute atomic E-state index is 0.0270. The van der Waals surface area contributed by atoms with Crippen LogP contribution < -0.4 is 4.90 Å². The Bertz CT molecular complexity index is 1180. The molecular weight excluding hydrogens is 474 g/mol. The number of amides is 2. The van der Waals surface area contributed by atoms with Crippen LogP contribution in [0.2, 0.25) is 5.02 Å². The lowest BCUT2D eigenvalue weighted by atomic mass is 10.1.